The maximum atomic E-state index is 6.48. The largest absolute Gasteiger partial charge is 0.503 e. The summed E-state index contributed by atoms with van der Waals surface area (Å²) in [5.74, 6) is 2.28. The van der Waals surface area contributed by atoms with Crippen LogP contribution in [-0.4, -0.2) is 28.2 Å². The van der Waals surface area contributed by atoms with Crippen molar-refractivity contribution in [3.63, 3.8) is 0 Å². The van der Waals surface area contributed by atoms with E-state index in [1.807, 2.05) is 109 Å². The van der Waals surface area contributed by atoms with Crippen LogP contribution in [0.25, 0.3) is 189 Å². The fourth-order valence-electron chi connectivity index (χ4n) is 18.1. The predicted octanol–water partition coefficient (Wildman–Crippen LogP) is 28.5. The van der Waals surface area contributed by atoms with Gasteiger partial charge in [0.1, 0.15) is 5.69 Å². The summed E-state index contributed by atoms with van der Waals surface area (Å²) in [6.45, 7) is 0. The van der Waals surface area contributed by atoms with E-state index in [4.69, 9.17) is 9.47 Å². The fourth-order valence-corrected chi connectivity index (χ4v) is 18.1. The number of aromatic nitrogens is 8. The van der Waals surface area contributed by atoms with Crippen molar-refractivity contribution in [1.29, 1.82) is 0 Å². The Balaban J connectivity index is 0.000000158. The number of rotatable bonds is 18. The van der Waals surface area contributed by atoms with E-state index in [9.17, 15) is 0 Å². The molecule has 0 N–H and O–H groups in total. The molecule has 6 heterocycles. The van der Waals surface area contributed by atoms with Gasteiger partial charge in [-0.2, -0.15) is 24.3 Å². The van der Waals surface area contributed by atoms with Gasteiger partial charge in [-0.15, -0.1) is 71.8 Å². The van der Waals surface area contributed by atoms with Gasteiger partial charge >= 0.3 is 0 Å². The molecule has 0 radical (unpaired) electrons. The van der Waals surface area contributed by atoms with Gasteiger partial charge < -0.3 is 37.7 Å². The molecule has 0 amide bonds. The molecule has 0 bridgehead atoms. The number of benzene rings is 18. The Morgan fingerprint density at radius 1 is 0.227 bits per heavy atom. The van der Waals surface area contributed by atoms with E-state index in [1.54, 1.807) is 12.4 Å². The van der Waals surface area contributed by atoms with Crippen LogP contribution in [0.5, 0.6) is 23.0 Å². The zero-order valence-electron chi connectivity index (χ0n) is 70.9. The maximum absolute atomic E-state index is 6.48. The van der Waals surface area contributed by atoms with Crippen LogP contribution < -0.4 is 18.6 Å². The summed E-state index contributed by atoms with van der Waals surface area (Å²) in [5.41, 5.74) is 30.8. The first kappa shape index (κ1) is 82.7. The summed E-state index contributed by atoms with van der Waals surface area (Å²) in [7, 11) is 0. The van der Waals surface area contributed by atoms with Gasteiger partial charge in [-0.3, -0.25) is 9.13 Å². The molecule has 0 aliphatic rings. The second-order valence-corrected chi connectivity index (χ2v) is 32.0. The molecule has 24 rings (SSSR count). The minimum Gasteiger partial charge on any atom is -0.503 e. The molecular formula is C120H76N8O2Pt2-4. The molecule has 0 spiro atoms. The van der Waals surface area contributed by atoms with E-state index in [1.165, 1.54) is 21.5 Å². The molecular weight excluding hydrogens is 1980 g/mol. The van der Waals surface area contributed by atoms with Crippen LogP contribution >= 0.6 is 0 Å². The zero-order valence-corrected chi connectivity index (χ0v) is 75.4. The van der Waals surface area contributed by atoms with Crippen LogP contribution in [0.2, 0.25) is 0 Å². The monoisotopic (exact) mass is 2050 g/mol. The second-order valence-electron chi connectivity index (χ2n) is 32.0. The van der Waals surface area contributed by atoms with Crippen LogP contribution in [0.3, 0.4) is 0 Å². The summed E-state index contributed by atoms with van der Waals surface area (Å²) in [6.07, 6.45) is 11.3. The summed E-state index contributed by atoms with van der Waals surface area (Å²) < 4.78 is 26.3. The third kappa shape index (κ3) is 15.9. The molecule has 10 nitrogen and oxygen atoms in total. The van der Waals surface area contributed by atoms with E-state index < -0.39 is 0 Å². The number of nitrogens with zero attached hydrogens (tertiary/aromatic N) is 8. The molecule has 0 saturated heterocycles. The second kappa shape index (κ2) is 36.5. The van der Waals surface area contributed by atoms with Gasteiger partial charge in [0.25, 0.3) is 12.7 Å². The van der Waals surface area contributed by atoms with Crippen LogP contribution in [0, 0.1) is 36.9 Å². The number of para-hydroxylation sites is 10. The van der Waals surface area contributed by atoms with Gasteiger partial charge in [-0.25, -0.2) is 0 Å². The Bertz CT molecular complexity index is 7870. The normalized spacial score (nSPS) is 11.2. The molecule has 132 heavy (non-hydrogen) atoms. The number of pyridine rings is 2. The van der Waals surface area contributed by atoms with Gasteiger partial charge in [-0.05, 0) is 174 Å². The average molecular weight is 2050 g/mol. The molecule has 6 aromatic heterocycles. The van der Waals surface area contributed by atoms with E-state index >= 15 is 0 Å². The van der Waals surface area contributed by atoms with Crippen molar-refractivity contribution in [2.24, 2.45) is 0 Å². The number of hydrogen-bond donors (Lipinski definition) is 0. The van der Waals surface area contributed by atoms with Crippen molar-refractivity contribution in [1.82, 2.24) is 28.2 Å². The van der Waals surface area contributed by atoms with Crippen LogP contribution in [-0.2, 0) is 42.1 Å². The zero-order chi connectivity index (χ0) is 86.2. The fraction of sp³-hybridized carbons (Fsp3) is 0. The van der Waals surface area contributed by atoms with Gasteiger partial charge in [0.15, 0.2) is 0 Å². The Kier molecular flexibility index (Phi) is 22.9. The minimum atomic E-state index is 0. The maximum Gasteiger partial charge on any atom is 0.268 e. The Hall–Kier alpha value is -16.2. The molecule has 12 heteroatoms. The standard InChI is InChI=1S/C66H43N3O.C54H33N5O.2Pt/c1-5-20-47(21-6-1)52-38-53(48-22-7-2-8-23-48)41-56(40-52)61-32-19-33-62(57-42-54(49-24-9-3-10-25-49)39-55(43-57)50-26-11-4-12-27-50)66(61)69-46-68(64-35-13-14-36-65(64)69)58-29-18-31-60(45-58)70-59-30-17-28-51(44-59)63-34-15-16-37-67-63;1-5-25-46-41(20-1)42-21-2-6-26-47(42)58(46)52-31-15-32-53(59-48-27-7-3-22-43(48)44-23-4-8-28-49(44)59)54(52)57-36-56(50-29-9-10-30-51(50)57)38-17-14-19-40(35-38)60-39-18-13-16-37(34-39)45-24-11-12-33-55-45;;/h1-43H;1-33H;;/q2*-2;;. The quantitative estimate of drug-likeness (QED) is 0.0634. The first-order valence-corrected chi connectivity index (χ1v) is 43.4. The van der Waals surface area contributed by atoms with Gasteiger partial charge in [0.05, 0.1) is 61.2 Å². The predicted molar refractivity (Wildman–Crippen MR) is 523 cm³/mol. The first-order chi connectivity index (χ1) is 64.5. The van der Waals surface area contributed by atoms with Crippen molar-refractivity contribution in [2.45, 2.75) is 0 Å². The Labute approximate surface area is 792 Å². The van der Waals surface area contributed by atoms with Gasteiger partial charge in [0, 0.05) is 99.1 Å². The van der Waals surface area contributed by atoms with E-state index in [0.29, 0.717) is 23.0 Å². The average Bonchev–Trinajstić information content (AvgIpc) is 1.55. The topological polar surface area (TPSA) is 71.7 Å². The van der Waals surface area contributed by atoms with E-state index in [2.05, 4.69) is 414 Å². The van der Waals surface area contributed by atoms with Crippen LogP contribution in [0.1, 0.15) is 0 Å². The van der Waals surface area contributed by atoms with Gasteiger partial charge in [-0.1, -0.05) is 303 Å². The molecule has 24 aromatic rings. The smallest absolute Gasteiger partial charge is 0.268 e. The van der Waals surface area contributed by atoms with Crippen molar-refractivity contribution in [3.8, 4) is 146 Å². The third-order valence-corrected chi connectivity index (χ3v) is 24.0. The molecule has 0 aliphatic carbocycles. The molecule has 18 aromatic carbocycles. The Morgan fingerprint density at radius 2 is 0.523 bits per heavy atom. The molecule has 0 aliphatic heterocycles. The van der Waals surface area contributed by atoms with Crippen molar-refractivity contribution in [2.75, 3.05) is 0 Å². The summed E-state index contributed by atoms with van der Waals surface area (Å²) >= 11 is 0. The van der Waals surface area contributed by atoms with Crippen molar-refractivity contribution < 1.29 is 60.7 Å². The number of fused-ring (bicyclic) bond motifs is 8. The third-order valence-electron chi connectivity index (χ3n) is 24.0. The van der Waals surface area contributed by atoms with Crippen molar-refractivity contribution in [3.05, 3.63) is 498 Å². The number of ether oxygens (including phenoxy) is 2. The molecule has 632 valence electrons. The van der Waals surface area contributed by atoms with Crippen LogP contribution in [0.15, 0.2) is 461 Å². The molecule has 0 saturated carbocycles. The van der Waals surface area contributed by atoms with E-state index in [-0.39, 0.29) is 42.1 Å². The van der Waals surface area contributed by atoms with Crippen molar-refractivity contribution >= 4 is 65.7 Å². The summed E-state index contributed by atoms with van der Waals surface area (Å²) in [6, 6.07) is 171. The minimum absolute atomic E-state index is 0. The van der Waals surface area contributed by atoms with Crippen LogP contribution in [0.4, 0.5) is 0 Å². The number of imidazole rings is 2. The molecule has 0 atom stereocenters. The van der Waals surface area contributed by atoms with E-state index in [0.717, 1.165) is 168 Å². The Morgan fingerprint density at radius 3 is 0.886 bits per heavy atom. The first-order valence-electron chi connectivity index (χ1n) is 43.4. The molecule has 0 fully saturated rings. The summed E-state index contributed by atoms with van der Waals surface area (Å²) in [5, 5.41) is 4.80. The molecule has 0 unspecified atom stereocenters. The summed E-state index contributed by atoms with van der Waals surface area (Å²) in [4.78, 5) is 9.03. The van der Waals surface area contributed by atoms with Gasteiger partial charge in [0.2, 0.25) is 0 Å². The SMILES string of the molecule is [Pt].[Pt].[c-]1c(Oc2[c-]c(-n3[c-][n+](-c4c(-c5cc(-c6ccccc6)cc(-c6ccccc6)c5)cccc4-c4cc(-c5ccccc5)cc(-c5ccccc5)c4)c4ccccc43)ccc2)cccc1-c1ccccn1.[c-]1c(Oc2[c-]c(-n3[c-][n+](-c4c(-n5c6ccccc6c6ccccc65)cccc4-n4c5ccccc5c5ccccc54)c4ccccc43)ccc2)cccc1-c1ccccn1. The number of hydrogen-bond acceptors (Lipinski definition) is 4.